The summed E-state index contributed by atoms with van der Waals surface area (Å²) in [5.41, 5.74) is 4.03. The fourth-order valence-corrected chi connectivity index (χ4v) is 6.11. The Morgan fingerprint density at radius 2 is 1.78 bits per heavy atom. The van der Waals surface area contributed by atoms with Crippen molar-refractivity contribution < 1.29 is 4.74 Å². The molecular formula is C16H18OSi. The van der Waals surface area contributed by atoms with E-state index in [1.54, 1.807) is 7.11 Å². The largest absolute Gasteiger partial charge is 0.496 e. The van der Waals surface area contributed by atoms with Crippen LogP contribution < -0.4 is 15.1 Å². The highest BCUT2D eigenvalue weighted by atomic mass is 28.3. The molecule has 0 aliphatic carbocycles. The van der Waals surface area contributed by atoms with E-state index in [4.69, 9.17) is 4.74 Å². The Morgan fingerprint density at radius 1 is 1.00 bits per heavy atom. The first-order chi connectivity index (χ1) is 8.55. The smallest absolute Gasteiger partial charge is 0.126 e. The van der Waals surface area contributed by atoms with Gasteiger partial charge in [-0.3, -0.25) is 0 Å². The third-order valence-electron chi connectivity index (χ3n) is 4.04. The molecule has 0 unspecified atom stereocenters. The standard InChI is InChI=1S/C16H18OSi/c1-11-8-9-14-12(10-11)16-13(17-2)6-5-7-15(16)18(14,3)4/h5-10H,1-4H3. The third-order valence-corrected chi connectivity index (χ3v) is 7.58. The molecule has 1 aliphatic rings. The number of benzene rings is 2. The van der Waals surface area contributed by atoms with Gasteiger partial charge in [0.15, 0.2) is 0 Å². The number of fused-ring (bicyclic) bond motifs is 3. The summed E-state index contributed by atoms with van der Waals surface area (Å²) in [5, 5.41) is 3.04. The van der Waals surface area contributed by atoms with Crippen LogP contribution in [0.3, 0.4) is 0 Å². The lowest BCUT2D eigenvalue weighted by molar-refractivity contribution is 0.417. The Morgan fingerprint density at radius 3 is 2.50 bits per heavy atom. The van der Waals surface area contributed by atoms with Crippen molar-refractivity contribution >= 4 is 18.4 Å². The lowest BCUT2D eigenvalue weighted by atomic mass is 10.0. The van der Waals surface area contributed by atoms with E-state index in [2.05, 4.69) is 56.4 Å². The molecule has 18 heavy (non-hydrogen) atoms. The van der Waals surface area contributed by atoms with Crippen molar-refractivity contribution in [3.63, 3.8) is 0 Å². The second kappa shape index (κ2) is 3.72. The van der Waals surface area contributed by atoms with Gasteiger partial charge in [-0.15, -0.1) is 0 Å². The van der Waals surface area contributed by atoms with Crippen LogP contribution in [0, 0.1) is 6.92 Å². The Kier molecular flexibility index (Phi) is 2.39. The molecule has 0 saturated heterocycles. The van der Waals surface area contributed by atoms with E-state index in [-0.39, 0.29) is 0 Å². The van der Waals surface area contributed by atoms with Crippen molar-refractivity contribution in [1.29, 1.82) is 0 Å². The summed E-state index contributed by atoms with van der Waals surface area (Å²) in [5.74, 6) is 1.01. The van der Waals surface area contributed by atoms with Crippen molar-refractivity contribution in [1.82, 2.24) is 0 Å². The van der Waals surface area contributed by atoms with Crippen LogP contribution >= 0.6 is 0 Å². The van der Waals surface area contributed by atoms with Crippen LogP contribution in [-0.4, -0.2) is 15.2 Å². The SMILES string of the molecule is COc1cccc2c1-c1cc(C)ccc1[Si]2(C)C. The molecule has 0 spiro atoms. The van der Waals surface area contributed by atoms with E-state index < -0.39 is 8.07 Å². The van der Waals surface area contributed by atoms with Crippen LogP contribution in [0.1, 0.15) is 5.56 Å². The predicted octanol–water partition coefficient (Wildman–Crippen LogP) is 2.81. The minimum Gasteiger partial charge on any atom is -0.496 e. The maximum Gasteiger partial charge on any atom is 0.126 e. The van der Waals surface area contributed by atoms with Gasteiger partial charge in [0.05, 0.1) is 7.11 Å². The molecule has 1 heterocycles. The fourth-order valence-electron chi connectivity index (χ4n) is 3.05. The van der Waals surface area contributed by atoms with E-state index in [1.165, 1.54) is 27.1 Å². The maximum absolute atomic E-state index is 5.57. The van der Waals surface area contributed by atoms with Gasteiger partial charge < -0.3 is 4.74 Å². The summed E-state index contributed by atoms with van der Waals surface area (Å²) < 4.78 is 5.57. The Bertz CT molecular complexity index is 629. The van der Waals surface area contributed by atoms with E-state index in [9.17, 15) is 0 Å². The van der Waals surface area contributed by atoms with E-state index in [0.717, 1.165) is 5.75 Å². The molecule has 0 amide bonds. The van der Waals surface area contributed by atoms with Crippen molar-refractivity contribution in [2.45, 2.75) is 20.0 Å². The van der Waals surface area contributed by atoms with Crippen molar-refractivity contribution in [3.05, 3.63) is 42.0 Å². The van der Waals surface area contributed by atoms with Gasteiger partial charge in [0.25, 0.3) is 0 Å². The number of hydrogen-bond acceptors (Lipinski definition) is 1. The molecule has 0 radical (unpaired) electrons. The number of methoxy groups -OCH3 is 1. The third kappa shape index (κ3) is 1.39. The number of aryl methyl sites for hydroxylation is 1. The number of rotatable bonds is 1. The van der Waals surface area contributed by atoms with Gasteiger partial charge in [-0.05, 0) is 28.9 Å². The first-order valence-electron chi connectivity index (χ1n) is 6.34. The average molecular weight is 254 g/mol. The number of ether oxygens (including phenoxy) is 1. The highest BCUT2D eigenvalue weighted by Gasteiger charge is 2.38. The molecule has 2 heteroatoms. The van der Waals surface area contributed by atoms with Gasteiger partial charge in [0.2, 0.25) is 0 Å². The summed E-state index contributed by atoms with van der Waals surface area (Å²) in [6.07, 6.45) is 0. The lowest BCUT2D eigenvalue weighted by Crippen LogP contribution is -2.49. The molecule has 0 bridgehead atoms. The predicted molar refractivity (Wildman–Crippen MR) is 79.9 cm³/mol. The molecule has 0 N–H and O–H groups in total. The highest BCUT2D eigenvalue weighted by Crippen LogP contribution is 2.35. The molecule has 2 aromatic rings. The zero-order valence-corrected chi connectivity index (χ0v) is 12.4. The van der Waals surface area contributed by atoms with Gasteiger partial charge in [-0.2, -0.15) is 0 Å². The molecule has 1 nitrogen and oxygen atoms in total. The second-order valence-corrected chi connectivity index (χ2v) is 9.88. The van der Waals surface area contributed by atoms with Crippen LogP contribution in [0.15, 0.2) is 36.4 Å². The van der Waals surface area contributed by atoms with Crippen molar-refractivity contribution in [3.8, 4) is 16.9 Å². The molecule has 92 valence electrons. The highest BCUT2D eigenvalue weighted by molar-refractivity contribution is 7.03. The minimum absolute atomic E-state index is 1.01. The molecule has 3 rings (SSSR count). The van der Waals surface area contributed by atoms with E-state index >= 15 is 0 Å². The zero-order valence-electron chi connectivity index (χ0n) is 11.4. The summed E-state index contributed by atoms with van der Waals surface area (Å²) in [7, 11) is 0.230. The summed E-state index contributed by atoms with van der Waals surface area (Å²) in [6.45, 7) is 7.00. The first kappa shape index (κ1) is 11.5. The molecule has 1 aliphatic heterocycles. The van der Waals surface area contributed by atoms with Crippen LogP contribution in [0.5, 0.6) is 5.75 Å². The quantitative estimate of drug-likeness (QED) is 0.711. The molecule has 0 atom stereocenters. The second-order valence-electron chi connectivity index (χ2n) is 5.56. The van der Waals surface area contributed by atoms with E-state index in [1.807, 2.05) is 0 Å². The summed E-state index contributed by atoms with van der Waals surface area (Å²) >= 11 is 0. The minimum atomic E-state index is -1.53. The Balaban J connectivity index is 2.41. The zero-order chi connectivity index (χ0) is 12.9. The lowest BCUT2D eigenvalue weighted by Gasteiger charge is -2.18. The van der Waals surface area contributed by atoms with Crippen LogP contribution in [0.25, 0.3) is 11.1 Å². The normalized spacial score (nSPS) is 15.1. The van der Waals surface area contributed by atoms with E-state index in [0.29, 0.717) is 0 Å². The molecule has 0 fully saturated rings. The molecule has 0 aromatic heterocycles. The first-order valence-corrected chi connectivity index (χ1v) is 9.34. The van der Waals surface area contributed by atoms with Crippen LogP contribution in [-0.2, 0) is 0 Å². The molecular weight excluding hydrogens is 236 g/mol. The van der Waals surface area contributed by atoms with Crippen molar-refractivity contribution in [2.24, 2.45) is 0 Å². The van der Waals surface area contributed by atoms with Gasteiger partial charge in [0, 0.05) is 5.56 Å². The molecule has 2 aromatic carbocycles. The number of hydrogen-bond donors (Lipinski definition) is 0. The Hall–Kier alpha value is -1.54. The van der Waals surface area contributed by atoms with Gasteiger partial charge in [-0.25, -0.2) is 0 Å². The summed E-state index contributed by atoms with van der Waals surface area (Å²) in [6, 6.07) is 13.3. The van der Waals surface area contributed by atoms with Crippen LogP contribution in [0.4, 0.5) is 0 Å². The maximum atomic E-state index is 5.57. The monoisotopic (exact) mass is 254 g/mol. The Labute approximate surface area is 109 Å². The van der Waals surface area contributed by atoms with Crippen LogP contribution in [0.2, 0.25) is 13.1 Å². The van der Waals surface area contributed by atoms with Gasteiger partial charge >= 0.3 is 0 Å². The summed E-state index contributed by atoms with van der Waals surface area (Å²) in [4.78, 5) is 0. The van der Waals surface area contributed by atoms with Gasteiger partial charge in [-0.1, -0.05) is 49.0 Å². The average Bonchev–Trinajstić information content (AvgIpc) is 2.58. The van der Waals surface area contributed by atoms with Gasteiger partial charge in [0.1, 0.15) is 13.8 Å². The van der Waals surface area contributed by atoms with Crippen molar-refractivity contribution in [2.75, 3.05) is 7.11 Å². The molecule has 0 saturated carbocycles. The fraction of sp³-hybridized carbons (Fsp3) is 0.250. The topological polar surface area (TPSA) is 9.23 Å².